The zero-order valence-corrected chi connectivity index (χ0v) is 7.87. The summed E-state index contributed by atoms with van der Waals surface area (Å²) in [6.07, 6.45) is 4.94. The lowest BCUT2D eigenvalue weighted by Crippen LogP contribution is -2.10. The van der Waals surface area contributed by atoms with Crippen molar-refractivity contribution in [2.75, 3.05) is 6.61 Å². The summed E-state index contributed by atoms with van der Waals surface area (Å²) in [7, 11) is 0. The molecule has 3 nitrogen and oxygen atoms in total. The highest BCUT2D eigenvalue weighted by Gasteiger charge is 1.97. The normalized spacial score (nSPS) is 11.0. The predicted molar refractivity (Wildman–Crippen MR) is 46.9 cm³/mol. The maximum absolute atomic E-state index is 5.41. The Morgan fingerprint density at radius 1 is 1.67 bits per heavy atom. The summed E-state index contributed by atoms with van der Waals surface area (Å²) in [5.74, 6) is 0.988. The van der Waals surface area contributed by atoms with Crippen LogP contribution in [0, 0.1) is 13.1 Å². The zero-order valence-electron chi connectivity index (χ0n) is 7.87. The molecule has 0 bridgehead atoms. The number of hydrogen-bond donors (Lipinski definition) is 0. The average molecular weight is 167 g/mol. The van der Waals surface area contributed by atoms with Gasteiger partial charge in [-0.25, -0.2) is 4.98 Å². The third-order valence-corrected chi connectivity index (χ3v) is 1.64. The third kappa shape index (κ3) is 2.66. The minimum atomic E-state index is 0.304. The van der Waals surface area contributed by atoms with Crippen LogP contribution in [0.1, 0.15) is 19.7 Å². The SMILES string of the molecule is Cc1n[c]cn1CCOC(C)C. The van der Waals surface area contributed by atoms with Gasteiger partial charge in [0, 0.05) is 12.7 Å². The van der Waals surface area contributed by atoms with Crippen molar-refractivity contribution >= 4 is 0 Å². The van der Waals surface area contributed by atoms with Crippen LogP contribution in [-0.4, -0.2) is 22.3 Å². The van der Waals surface area contributed by atoms with Gasteiger partial charge in [0.15, 0.2) is 0 Å². The van der Waals surface area contributed by atoms with Gasteiger partial charge in [0.2, 0.25) is 0 Å². The van der Waals surface area contributed by atoms with Crippen LogP contribution in [0.25, 0.3) is 0 Å². The zero-order chi connectivity index (χ0) is 8.97. The number of aryl methyl sites for hydroxylation is 1. The number of aromatic nitrogens is 2. The molecule has 1 heterocycles. The van der Waals surface area contributed by atoms with Crippen LogP contribution in [0.5, 0.6) is 0 Å². The summed E-state index contributed by atoms with van der Waals surface area (Å²) in [6.45, 7) is 7.63. The Hall–Kier alpha value is -0.830. The van der Waals surface area contributed by atoms with Crippen molar-refractivity contribution < 1.29 is 4.74 Å². The summed E-state index contributed by atoms with van der Waals surface area (Å²) in [6, 6.07) is 0. The number of rotatable bonds is 4. The summed E-state index contributed by atoms with van der Waals surface area (Å²) in [4.78, 5) is 4.00. The van der Waals surface area contributed by atoms with Crippen LogP contribution < -0.4 is 0 Å². The molecule has 0 aliphatic heterocycles. The fourth-order valence-corrected chi connectivity index (χ4v) is 0.963. The molecule has 3 heteroatoms. The first-order valence-corrected chi connectivity index (χ1v) is 4.21. The van der Waals surface area contributed by atoms with Crippen molar-refractivity contribution in [1.29, 1.82) is 0 Å². The monoisotopic (exact) mass is 167 g/mol. The first-order chi connectivity index (χ1) is 5.70. The van der Waals surface area contributed by atoms with Gasteiger partial charge >= 0.3 is 0 Å². The Morgan fingerprint density at radius 2 is 2.42 bits per heavy atom. The molecule has 1 aromatic heterocycles. The second-order valence-electron chi connectivity index (χ2n) is 3.03. The molecule has 1 aromatic rings. The van der Waals surface area contributed by atoms with Crippen molar-refractivity contribution in [2.24, 2.45) is 0 Å². The van der Waals surface area contributed by atoms with E-state index in [2.05, 4.69) is 11.2 Å². The molecule has 0 aliphatic rings. The van der Waals surface area contributed by atoms with Gasteiger partial charge in [-0.3, -0.25) is 0 Å². The Morgan fingerprint density at radius 3 is 2.92 bits per heavy atom. The van der Waals surface area contributed by atoms with E-state index in [0.29, 0.717) is 6.10 Å². The van der Waals surface area contributed by atoms with Crippen molar-refractivity contribution in [3.05, 3.63) is 18.2 Å². The van der Waals surface area contributed by atoms with Gasteiger partial charge in [0.05, 0.1) is 12.7 Å². The maximum Gasteiger partial charge on any atom is 0.109 e. The largest absolute Gasteiger partial charge is 0.377 e. The summed E-state index contributed by atoms with van der Waals surface area (Å²) in [5.41, 5.74) is 0. The minimum absolute atomic E-state index is 0.304. The molecule has 0 unspecified atom stereocenters. The number of nitrogens with zero attached hydrogens (tertiary/aromatic N) is 2. The van der Waals surface area contributed by atoms with Crippen LogP contribution in [0.2, 0.25) is 0 Å². The van der Waals surface area contributed by atoms with Crippen LogP contribution in [0.3, 0.4) is 0 Å². The van der Waals surface area contributed by atoms with Gasteiger partial charge in [0.1, 0.15) is 12.0 Å². The minimum Gasteiger partial charge on any atom is -0.377 e. The van der Waals surface area contributed by atoms with Crippen molar-refractivity contribution in [1.82, 2.24) is 9.55 Å². The second kappa shape index (κ2) is 4.26. The smallest absolute Gasteiger partial charge is 0.109 e. The lowest BCUT2D eigenvalue weighted by atomic mass is 10.5. The lowest BCUT2D eigenvalue weighted by Gasteiger charge is -2.08. The van der Waals surface area contributed by atoms with Gasteiger partial charge in [-0.05, 0) is 20.8 Å². The maximum atomic E-state index is 5.41. The summed E-state index contributed by atoms with van der Waals surface area (Å²) >= 11 is 0. The van der Waals surface area contributed by atoms with Crippen molar-refractivity contribution in [3.63, 3.8) is 0 Å². The van der Waals surface area contributed by atoms with Crippen LogP contribution in [0.4, 0.5) is 0 Å². The number of ether oxygens (including phenoxy) is 1. The van der Waals surface area contributed by atoms with Crippen molar-refractivity contribution in [3.8, 4) is 0 Å². The first kappa shape index (κ1) is 9.26. The Balaban J connectivity index is 2.29. The Kier molecular flexibility index (Phi) is 3.29. The first-order valence-electron chi connectivity index (χ1n) is 4.21. The molecule has 0 saturated carbocycles. The average Bonchev–Trinajstić information content (AvgIpc) is 2.36. The predicted octanol–water partition coefficient (Wildman–Crippen LogP) is 1.42. The van der Waals surface area contributed by atoms with Gasteiger partial charge in [-0.1, -0.05) is 0 Å². The topological polar surface area (TPSA) is 27.1 Å². The standard InChI is InChI=1S/C9H15N2O/c1-8(2)12-7-6-11-5-4-10-9(11)3/h5,8H,6-7H2,1-3H3. The van der Waals surface area contributed by atoms with E-state index in [1.165, 1.54) is 0 Å². The molecule has 0 fully saturated rings. The van der Waals surface area contributed by atoms with Gasteiger partial charge in [-0.2, -0.15) is 0 Å². The van der Waals surface area contributed by atoms with E-state index >= 15 is 0 Å². The van der Waals surface area contributed by atoms with Gasteiger partial charge < -0.3 is 9.30 Å². The molecule has 12 heavy (non-hydrogen) atoms. The molecule has 67 valence electrons. The van der Waals surface area contributed by atoms with E-state index in [-0.39, 0.29) is 0 Å². The van der Waals surface area contributed by atoms with E-state index in [9.17, 15) is 0 Å². The van der Waals surface area contributed by atoms with E-state index in [4.69, 9.17) is 4.74 Å². The molecule has 0 spiro atoms. The highest BCUT2D eigenvalue weighted by molar-refractivity contribution is 4.86. The van der Waals surface area contributed by atoms with Gasteiger partial charge in [0.25, 0.3) is 0 Å². The molecule has 1 radical (unpaired) electrons. The molecule has 0 saturated heterocycles. The second-order valence-corrected chi connectivity index (χ2v) is 3.03. The molecule has 0 aromatic carbocycles. The molecule has 0 amide bonds. The number of imidazole rings is 1. The van der Waals surface area contributed by atoms with Crippen LogP contribution >= 0.6 is 0 Å². The van der Waals surface area contributed by atoms with E-state index in [1.54, 1.807) is 0 Å². The van der Waals surface area contributed by atoms with E-state index in [0.717, 1.165) is 19.0 Å². The Labute approximate surface area is 73.4 Å². The Bertz CT molecular complexity index is 230. The van der Waals surface area contributed by atoms with E-state index in [1.807, 2.05) is 31.5 Å². The molecular weight excluding hydrogens is 152 g/mol. The van der Waals surface area contributed by atoms with E-state index < -0.39 is 0 Å². The highest BCUT2D eigenvalue weighted by atomic mass is 16.5. The third-order valence-electron chi connectivity index (χ3n) is 1.64. The van der Waals surface area contributed by atoms with Gasteiger partial charge in [-0.15, -0.1) is 0 Å². The fourth-order valence-electron chi connectivity index (χ4n) is 0.963. The number of hydrogen-bond acceptors (Lipinski definition) is 2. The van der Waals surface area contributed by atoms with Crippen LogP contribution in [0.15, 0.2) is 6.20 Å². The summed E-state index contributed by atoms with van der Waals surface area (Å²) < 4.78 is 7.44. The highest BCUT2D eigenvalue weighted by Crippen LogP contribution is 1.95. The van der Waals surface area contributed by atoms with Crippen molar-refractivity contribution in [2.45, 2.75) is 33.4 Å². The fraction of sp³-hybridized carbons (Fsp3) is 0.667. The summed E-state index contributed by atoms with van der Waals surface area (Å²) in [5, 5.41) is 0. The lowest BCUT2D eigenvalue weighted by molar-refractivity contribution is 0.0724. The molecular formula is C9H15N2O. The molecule has 0 N–H and O–H groups in total. The quantitative estimate of drug-likeness (QED) is 0.678. The van der Waals surface area contributed by atoms with Crippen LogP contribution in [-0.2, 0) is 11.3 Å². The molecule has 0 aliphatic carbocycles. The molecule has 1 rings (SSSR count). The molecule has 0 atom stereocenters.